The van der Waals surface area contributed by atoms with Crippen molar-refractivity contribution in [2.75, 3.05) is 6.61 Å². The molecule has 0 aliphatic carbocycles. The van der Waals surface area contributed by atoms with Crippen molar-refractivity contribution in [1.82, 2.24) is 15.5 Å². The smallest absolute Gasteiger partial charge is 0.367 e. The third-order valence-electron chi connectivity index (χ3n) is 3.70. The normalized spacial score (nSPS) is 11.7. The SMILES string of the molecule is O=C(NCc1ccc(COCC(F)(F)F)cc1)c1n[nH]c2ccccc12. The molecule has 0 saturated heterocycles. The van der Waals surface area contributed by atoms with Crippen molar-refractivity contribution < 1.29 is 22.7 Å². The maximum absolute atomic E-state index is 12.3. The number of ether oxygens (including phenoxy) is 1. The average molecular weight is 363 g/mol. The third kappa shape index (κ3) is 4.60. The molecule has 5 nitrogen and oxygen atoms in total. The van der Waals surface area contributed by atoms with Crippen LogP contribution in [0.15, 0.2) is 48.5 Å². The van der Waals surface area contributed by atoms with E-state index in [2.05, 4.69) is 20.3 Å². The van der Waals surface area contributed by atoms with Gasteiger partial charge in [0.15, 0.2) is 5.69 Å². The number of benzene rings is 2. The number of nitrogens with one attached hydrogen (secondary N) is 2. The van der Waals surface area contributed by atoms with Crippen LogP contribution in [0.4, 0.5) is 13.2 Å². The summed E-state index contributed by atoms with van der Waals surface area (Å²) in [6.07, 6.45) is -4.33. The maximum atomic E-state index is 12.3. The van der Waals surface area contributed by atoms with Crippen LogP contribution >= 0.6 is 0 Å². The number of halogens is 3. The third-order valence-corrected chi connectivity index (χ3v) is 3.70. The fourth-order valence-corrected chi connectivity index (χ4v) is 2.44. The topological polar surface area (TPSA) is 67.0 Å². The highest BCUT2D eigenvalue weighted by Crippen LogP contribution is 2.16. The molecule has 0 spiro atoms. The molecular weight excluding hydrogens is 347 g/mol. The van der Waals surface area contributed by atoms with Gasteiger partial charge >= 0.3 is 6.18 Å². The second-order valence-electron chi connectivity index (χ2n) is 5.72. The highest BCUT2D eigenvalue weighted by atomic mass is 19.4. The van der Waals surface area contributed by atoms with E-state index in [0.717, 1.165) is 16.5 Å². The molecule has 136 valence electrons. The van der Waals surface area contributed by atoms with Gasteiger partial charge in [-0.25, -0.2) is 0 Å². The van der Waals surface area contributed by atoms with Crippen molar-refractivity contribution in [3.05, 3.63) is 65.4 Å². The Morgan fingerprint density at radius 3 is 2.50 bits per heavy atom. The van der Waals surface area contributed by atoms with Crippen LogP contribution < -0.4 is 5.32 Å². The van der Waals surface area contributed by atoms with Gasteiger partial charge in [-0.1, -0.05) is 42.5 Å². The van der Waals surface area contributed by atoms with Crippen LogP contribution in [0.2, 0.25) is 0 Å². The van der Waals surface area contributed by atoms with Crippen molar-refractivity contribution in [1.29, 1.82) is 0 Å². The Morgan fingerprint density at radius 1 is 1.08 bits per heavy atom. The number of para-hydroxylation sites is 1. The second-order valence-corrected chi connectivity index (χ2v) is 5.72. The summed E-state index contributed by atoms with van der Waals surface area (Å²) in [7, 11) is 0. The summed E-state index contributed by atoms with van der Waals surface area (Å²) in [5.74, 6) is -0.306. The van der Waals surface area contributed by atoms with Gasteiger partial charge in [0.05, 0.1) is 12.1 Å². The summed E-state index contributed by atoms with van der Waals surface area (Å²) in [4.78, 5) is 12.3. The Bertz CT molecular complexity index is 889. The molecular formula is C18H16F3N3O2. The maximum Gasteiger partial charge on any atom is 0.411 e. The number of carbonyl (C=O) groups excluding carboxylic acids is 1. The Labute approximate surface area is 147 Å². The Kier molecular flexibility index (Phi) is 5.22. The number of fused-ring (bicyclic) bond motifs is 1. The molecule has 1 amide bonds. The lowest BCUT2D eigenvalue weighted by Gasteiger charge is -2.08. The summed E-state index contributed by atoms with van der Waals surface area (Å²) in [5.41, 5.74) is 2.54. The molecule has 0 atom stereocenters. The Morgan fingerprint density at radius 2 is 1.77 bits per heavy atom. The first kappa shape index (κ1) is 17.9. The molecule has 0 unspecified atom stereocenters. The minimum atomic E-state index is -4.33. The quantitative estimate of drug-likeness (QED) is 0.704. The first-order chi connectivity index (χ1) is 12.4. The van der Waals surface area contributed by atoms with Crippen LogP contribution in [0.5, 0.6) is 0 Å². The number of hydrogen-bond donors (Lipinski definition) is 2. The summed E-state index contributed by atoms with van der Waals surface area (Å²) < 4.78 is 40.7. The van der Waals surface area contributed by atoms with Crippen LogP contribution in [0, 0.1) is 0 Å². The van der Waals surface area contributed by atoms with Crippen molar-refractivity contribution in [2.45, 2.75) is 19.3 Å². The number of aromatic nitrogens is 2. The average Bonchev–Trinajstić information content (AvgIpc) is 3.04. The predicted octanol–water partition coefficient (Wildman–Crippen LogP) is 3.57. The standard InChI is InChI=1S/C18H16F3N3O2/c19-18(20,21)11-26-10-13-7-5-12(6-8-13)9-22-17(25)16-14-3-1-2-4-15(14)23-24-16/h1-8H,9-11H2,(H,22,25)(H,23,24). The van der Waals surface area contributed by atoms with E-state index in [4.69, 9.17) is 0 Å². The zero-order chi connectivity index (χ0) is 18.6. The van der Waals surface area contributed by atoms with Gasteiger partial charge < -0.3 is 10.1 Å². The zero-order valence-electron chi connectivity index (χ0n) is 13.6. The van der Waals surface area contributed by atoms with E-state index in [0.29, 0.717) is 11.3 Å². The molecule has 0 aliphatic heterocycles. The molecule has 2 aromatic carbocycles. The fourth-order valence-electron chi connectivity index (χ4n) is 2.44. The van der Waals surface area contributed by atoms with E-state index in [-0.39, 0.29) is 19.1 Å². The van der Waals surface area contributed by atoms with Crippen molar-refractivity contribution in [3.63, 3.8) is 0 Å². The van der Waals surface area contributed by atoms with E-state index in [1.165, 1.54) is 0 Å². The van der Waals surface area contributed by atoms with Gasteiger partial charge in [0.2, 0.25) is 0 Å². The van der Waals surface area contributed by atoms with Gasteiger partial charge in [-0.3, -0.25) is 9.89 Å². The number of nitrogens with zero attached hydrogens (tertiary/aromatic N) is 1. The van der Waals surface area contributed by atoms with Crippen LogP contribution in [-0.2, 0) is 17.9 Å². The van der Waals surface area contributed by atoms with Crippen molar-refractivity contribution in [3.8, 4) is 0 Å². The molecule has 8 heteroatoms. The lowest BCUT2D eigenvalue weighted by Crippen LogP contribution is -2.23. The van der Waals surface area contributed by atoms with Crippen molar-refractivity contribution in [2.24, 2.45) is 0 Å². The lowest BCUT2D eigenvalue weighted by molar-refractivity contribution is -0.176. The minimum absolute atomic E-state index is 0.120. The Balaban J connectivity index is 1.54. The highest BCUT2D eigenvalue weighted by Gasteiger charge is 2.27. The molecule has 0 fully saturated rings. The van der Waals surface area contributed by atoms with Gasteiger partial charge in [-0.2, -0.15) is 18.3 Å². The molecule has 0 radical (unpaired) electrons. The molecule has 1 heterocycles. The number of aromatic amines is 1. The fraction of sp³-hybridized carbons (Fsp3) is 0.222. The molecule has 0 bridgehead atoms. The van der Waals surface area contributed by atoms with E-state index in [9.17, 15) is 18.0 Å². The predicted molar refractivity (Wildman–Crippen MR) is 89.4 cm³/mol. The van der Waals surface area contributed by atoms with E-state index in [1.807, 2.05) is 24.3 Å². The summed E-state index contributed by atoms with van der Waals surface area (Å²) >= 11 is 0. The van der Waals surface area contributed by atoms with Crippen LogP contribution in [0.3, 0.4) is 0 Å². The van der Waals surface area contributed by atoms with Gasteiger partial charge in [0.25, 0.3) is 5.91 Å². The van der Waals surface area contributed by atoms with Crippen LogP contribution in [0.25, 0.3) is 10.9 Å². The van der Waals surface area contributed by atoms with Gasteiger partial charge in [-0.05, 0) is 17.2 Å². The zero-order valence-corrected chi connectivity index (χ0v) is 13.6. The number of H-pyrrole nitrogens is 1. The minimum Gasteiger partial charge on any atom is -0.367 e. The molecule has 3 rings (SSSR count). The lowest BCUT2D eigenvalue weighted by atomic mass is 10.1. The molecule has 3 aromatic rings. The van der Waals surface area contributed by atoms with E-state index < -0.39 is 12.8 Å². The monoisotopic (exact) mass is 363 g/mol. The van der Waals surface area contributed by atoms with Gasteiger partial charge in [0, 0.05) is 11.9 Å². The number of hydrogen-bond acceptors (Lipinski definition) is 3. The largest absolute Gasteiger partial charge is 0.411 e. The number of rotatable bonds is 6. The van der Waals surface area contributed by atoms with E-state index >= 15 is 0 Å². The summed E-state index contributed by atoms with van der Waals surface area (Å²) in [6.45, 7) is -1.11. The highest BCUT2D eigenvalue weighted by molar-refractivity contribution is 6.04. The molecule has 1 aromatic heterocycles. The summed E-state index contributed by atoms with van der Waals surface area (Å²) in [5, 5.41) is 10.3. The molecule has 0 saturated carbocycles. The van der Waals surface area contributed by atoms with Crippen molar-refractivity contribution >= 4 is 16.8 Å². The number of alkyl halides is 3. The first-order valence-electron chi connectivity index (χ1n) is 7.86. The van der Waals surface area contributed by atoms with Gasteiger partial charge in [-0.15, -0.1) is 0 Å². The number of carbonyl (C=O) groups is 1. The Hall–Kier alpha value is -2.87. The molecule has 26 heavy (non-hydrogen) atoms. The van der Waals surface area contributed by atoms with E-state index in [1.54, 1.807) is 24.3 Å². The summed E-state index contributed by atoms with van der Waals surface area (Å²) in [6, 6.07) is 14.1. The second kappa shape index (κ2) is 7.57. The van der Waals surface area contributed by atoms with Crippen LogP contribution in [-0.4, -0.2) is 28.9 Å². The number of amides is 1. The van der Waals surface area contributed by atoms with Gasteiger partial charge in [0.1, 0.15) is 6.61 Å². The molecule has 0 aliphatic rings. The van der Waals surface area contributed by atoms with Crippen LogP contribution in [0.1, 0.15) is 21.6 Å². The first-order valence-corrected chi connectivity index (χ1v) is 7.86. The molecule has 2 N–H and O–H groups in total.